The van der Waals surface area contributed by atoms with Crippen molar-refractivity contribution in [2.45, 2.75) is 30.6 Å². The van der Waals surface area contributed by atoms with Crippen molar-refractivity contribution in [1.82, 2.24) is 4.31 Å². The topological polar surface area (TPSA) is 119 Å². The smallest absolute Gasteiger partial charge is 0.257 e. The van der Waals surface area contributed by atoms with Gasteiger partial charge in [0.05, 0.1) is 29.2 Å². The van der Waals surface area contributed by atoms with Gasteiger partial charge in [0.1, 0.15) is 5.00 Å². The Kier molecular flexibility index (Phi) is 6.50. The minimum Gasteiger partial charge on any atom is -0.379 e. The molecule has 2 aromatic rings. The maximum absolute atomic E-state index is 13.1. The highest BCUT2D eigenvalue weighted by Crippen LogP contribution is 2.38. The summed E-state index contributed by atoms with van der Waals surface area (Å²) in [5, 5.41) is 3.20. The van der Waals surface area contributed by atoms with Crippen molar-refractivity contribution in [3.63, 3.8) is 0 Å². The number of thiophene rings is 1. The van der Waals surface area contributed by atoms with Crippen LogP contribution >= 0.6 is 27.3 Å². The van der Waals surface area contributed by atoms with Gasteiger partial charge in [0.15, 0.2) is 0 Å². The van der Waals surface area contributed by atoms with Crippen LogP contribution in [0.4, 0.5) is 5.00 Å². The lowest BCUT2D eigenvalue weighted by Gasteiger charge is -2.26. The predicted octanol–water partition coefficient (Wildman–Crippen LogP) is 2.76. The number of ether oxygens (including phenoxy) is 1. The van der Waals surface area contributed by atoms with E-state index in [1.54, 1.807) is 0 Å². The number of nitrogens with zero attached hydrogens (tertiary/aromatic N) is 1. The number of morpholine rings is 1. The van der Waals surface area contributed by atoms with Crippen molar-refractivity contribution >= 4 is 54.1 Å². The molecule has 0 atom stereocenters. The molecule has 31 heavy (non-hydrogen) atoms. The molecule has 0 saturated carbocycles. The Morgan fingerprint density at radius 1 is 1.16 bits per heavy atom. The van der Waals surface area contributed by atoms with Crippen LogP contribution in [0, 0.1) is 0 Å². The lowest BCUT2D eigenvalue weighted by atomic mass is 9.95. The number of nitrogens with one attached hydrogen (secondary N) is 1. The molecule has 1 saturated heterocycles. The quantitative estimate of drug-likeness (QED) is 0.619. The van der Waals surface area contributed by atoms with Crippen molar-refractivity contribution in [1.29, 1.82) is 0 Å². The third-order valence-corrected chi connectivity index (χ3v) is 9.23. The molecule has 0 spiro atoms. The zero-order valence-electron chi connectivity index (χ0n) is 16.6. The van der Waals surface area contributed by atoms with Crippen LogP contribution < -0.4 is 11.1 Å². The van der Waals surface area contributed by atoms with Gasteiger partial charge >= 0.3 is 0 Å². The highest BCUT2D eigenvalue weighted by molar-refractivity contribution is 9.10. The van der Waals surface area contributed by atoms with Crippen LogP contribution in [0.15, 0.2) is 27.6 Å². The van der Waals surface area contributed by atoms with Gasteiger partial charge in [-0.25, -0.2) is 8.42 Å². The number of hydrogen-bond donors (Lipinski definition) is 2. The summed E-state index contributed by atoms with van der Waals surface area (Å²) in [6.45, 7) is 1.20. The van der Waals surface area contributed by atoms with Crippen LogP contribution in [0.5, 0.6) is 0 Å². The SMILES string of the molecule is NC(=O)c1c(NC(=O)c2cc(S(=O)(=O)N3CCOCC3)ccc2Br)sc2c1CCCC2. The van der Waals surface area contributed by atoms with E-state index in [4.69, 9.17) is 10.5 Å². The zero-order chi connectivity index (χ0) is 22.2. The summed E-state index contributed by atoms with van der Waals surface area (Å²) in [5.74, 6) is -1.08. The minimum absolute atomic E-state index is 0.0309. The number of anilines is 1. The molecule has 0 unspecified atom stereocenters. The van der Waals surface area contributed by atoms with E-state index in [9.17, 15) is 18.0 Å². The van der Waals surface area contributed by atoms with E-state index < -0.39 is 21.8 Å². The predicted molar refractivity (Wildman–Crippen MR) is 121 cm³/mol. The first-order valence-electron chi connectivity index (χ1n) is 9.92. The molecule has 2 amide bonds. The lowest BCUT2D eigenvalue weighted by Crippen LogP contribution is -2.40. The van der Waals surface area contributed by atoms with Crippen molar-refractivity contribution < 1.29 is 22.7 Å². The second kappa shape index (κ2) is 8.99. The summed E-state index contributed by atoms with van der Waals surface area (Å²) < 4.78 is 33.0. The van der Waals surface area contributed by atoms with Gasteiger partial charge in [-0.05, 0) is 65.4 Å². The van der Waals surface area contributed by atoms with Gasteiger partial charge in [0, 0.05) is 22.4 Å². The number of carbonyl (C=O) groups excluding carboxylic acids is 2. The molecular weight excluding hydrogens is 506 g/mol. The number of primary amides is 1. The number of aryl methyl sites for hydroxylation is 1. The summed E-state index contributed by atoms with van der Waals surface area (Å²) in [7, 11) is -3.75. The minimum atomic E-state index is -3.75. The number of hydrogen-bond acceptors (Lipinski definition) is 6. The number of nitrogens with two attached hydrogens (primary N) is 1. The van der Waals surface area contributed by atoms with E-state index in [2.05, 4.69) is 21.2 Å². The zero-order valence-corrected chi connectivity index (χ0v) is 19.9. The Bertz CT molecular complexity index is 1140. The van der Waals surface area contributed by atoms with E-state index in [0.717, 1.165) is 36.1 Å². The third kappa shape index (κ3) is 4.42. The molecule has 2 aliphatic rings. The summed E-state index contributed by atoms with van der Waals surface area (Å²) in [6, 6.07) is 4.35. The fraction of sp³-hybridized carbons (Fsp3) is 0.400. The Morgan fingerprint density at radius 3 is 2.58 bits per heavy atom. The first kappa shape index (κ1) is 22.4. The van der Waals surface area contributed by atoms with Crippen LogP contribution in [0.1, 0.15) is 44.0 Å². The Hall–Kier alpha value is -1.79. The molecular formula is C20H22BrN3O5S2. The second-order valence-electron chi connectivity index (χ2n) is 7.39. The fourth-order valence-electron chi connectivity index (χ4n) is 3.86. The summed E-state index contributed by atoms with van der Waals surface area (Å²) in [5.41, 5.74) is 7.05. The third-order valence-electron chi connectivity index (χ3n) is 5.44. The number of amides is 2. The molecule has 1 fully saturated rings. The van der Waals surface area contributed by atoms with Crippen LogP contribution in [-0.4, -0.2) is 50.8 Å². The number of halogens is 1. The first-order chi connectivity index (χ1) is 14.8. The summed E-state index contributed by atoms with van der Waals surface area (Å²) in [4.78, 5) is 26.2. The molecule has 1 aliphatic heterocycles. The molecule has 166 valence electrons. The normalized spacial score (nSPS) is 17.2. The summed E-state index contributed by atoms with van der Waals surface area (Å²) in [6.07, 6.45) is 3.63. The molecule has 1 aromatic heterocycles. The number of sulfonamides is 1. The lowest BCUT2D eigenvalue weighted by molar-refractivity contribution is 0.0730. The van der Waals surface area contributed by atoms with Gasteiger partial charge in [-0.1, -0.05) is 0 Å². The molecule has 1 aliphatic carbocycles. The van der Waals surface area contributed by atoms with Crippen molar-refractivity contribution in [2.24, 2.45) is 5.73 Å². The second-order valence-corrected chi connectivity index (χ2v) is 11.3. The van der Waals surface area contributed by atoms with E-state index in [-0.39, 0.29) is 23.5 Å². The monoisotopic (exact) mass is 527 g/mol. The largest absolute Gasteiger partial charge is 0.379 e. The van der Waals surface area contributed by atoms with Crippen LogP contribution in [-0.2, 0) is 27.6 Å². The average Bonchev–Trinajstić information content (AvgIpc) is 3.12. The Morgan fingerprint density at radius 2 is 1.87 bits per heavy atom. The maximum atomic E-state index is 13.1. The number of fused-ring (bicyclic) bond motifs is 1. The number of benzene rings is 1. The molecule has 4 rings (SSSR count). The van der Waals surface area contributed by atoms with Gasteiger partial charge in [-0.15, -0.1) is 11.3 Å². The Balaban J connectivity index is 1.65. The van der Waals surface area contributed by atoms with Gasteiger partial charge in [0.2, 0.25) is 10.0 Å². The molecule has 0 bridgehead atoms. The fourth-order valence-corrected chi connectivity index (χ4v) is 7.01. The highest BCUT2D eigenvalue weighted by Gasteiger charge is 2.29. The van der Waals surface area contributed by atoms with Gasteiger partial charge in [0.25, 0.3) is 11.8 Å². The van der Waals surface area contributed by atoms with Crippen LogP contribution in [0.3, 0.4) is 0 Å². The standard InChI is InChI=1S/C20H22BrN3O5S2/c21-15-6-5-12(31(27,28)24-7-9-29-10-8-24)11-14(15)19(26)23-20-17(18(22)25)13-3-1-2-4-16(13)30-20/h5-6,11H,1-4,7-10H2,(H2,22,25)(H,23,26). The Labute approximate surface area is 192 Å². The number of rotatable bonds is 5. The van der Waals surface area contributed by atoms with Gasteiger partial charge in [-0.2, -0.15) is 4.31 Å². The van der Waals surface area contributed by atoms with Gasteiger partial charge < -0.3 is 15.8 Å². The highest BCUT2D eigenvalue weighted by atomic mass is 79.9. The molecule has 8 nitrogen and oxygen atoms in total. The van der Waals surface area contributed by atoms with E-state index in [1.807, 2.05) is 0 Å². The molecule has 3 N–H and O–H groups in total. The number of carbonyl (C=O) groups is 2. The van der Waals surface area contributed by atoms with E-state index >= 15 is 0 Å². The molecule has 2 heterocycles. The van der Waals surface area contributed by atoms with Crippen molar-refractivity contribution in [2.75, 3.05) is 31.6 Å². The van der Waals surface area contributed by atoms with Crippen LogP contribution in [0.2, 0.25) is 0 Å². The van der Waals surface area contributed by atoms with Crippen LogP contribution in [0.25, 0.3) is 0 Å². The molecule has 11 heteroatoms. The molecule has 0 radical (unpaired) electrons. The van der Waals surface area contributed by atoms with E-state index in [1.165, 1.54) is 33.8 Å². The maximum Gasteiger partial charge on any atom is 0.257 e. The van der Waals surface area contributed by atoms with Gasteiger partial charge in [-0.3, -0.25) is 9.59 Å². The molecule has 1 aromatic carbocycles. The van der Waals surface area contributed by atoms with Crippen molar-refractivity contribution in [3.8, 4) is 0 Å². The van der Waals surface area contributed by atoms with Crippen molar-refractivity contribution in [3.05, 3.63) is 44.2 Å². The average molecular weight is 528 g/mol. The first-order valence-corrected chi connectivity index (χ1v) is 13.0. The van der Waals surface area contributed by atoms with E-state index in [0.29, 0.717) is 28.3 Å². The summed E-state index contributed by atoms with van der Waals surface area (Å²) >= 11 is 4.70.